The molecule has 3 aromatic carbocycles. The summed E-state index contributed by atoms with van der Waals surface area (Å²) in [6.45, 7) is 0.348. The lowest BCUT2D eigenvalue weighted by Crippen LogP contribution is -2.29. The number of benzene rings is 3. The molecule has 4 aromatic rings. The second kappa shape index (κ2) is 9.78. The molecule has 1 N–H and O–H groups in total. The third-order valence-electron chi connectivity index (χ3n) is 5.03. The minimum absolute atomic E-state index is 0.0267. The van der Waals surface area contributed by atoms with E-state index < -0.39 is 22.4 Å². The van der Waals surface area contributed by atoms with E-state index in [1.807, 2.05) is 30.3 Å². The highest BCUT2D eigenvalue weighted by Gasteiger charge is 2.21. The van der Waals surface area contributed by atoms with E-state index in [4.69, 9.17) is 9.15 Å². The van der Waals surface area contributed by atoms with Crippen molar-refractivity contribution in [1.82, 2.24) is 5.32 Å². The van der Waals surface area contributed by atoms with Crippen molar-refractivity contribution >= 4 is 28.5 Å². The Morgan fingerprint density at radius 3 is 2.44 bits per heavy atom. The largest absolute Gasteiger partial charge is 0.423 e. The number of nitrogens with zero attached hydrogens (tertiary/aromatic N) is 1. The molecule has 0 unspecified atom stereocenters. The fourth-order valence-electron chi connectivity index (χ4n) is 3.34. The molecule has 0 fully saturated rings. The van der Waals surface area contributed by atoms with Crippen molar-refractivity contribution in [1.29, 1.82) is 0 Å². The van der Waals surface area contributed by atoms with Gasteiger partial charge in [-0.05, 0) is 36.2 Å². The van der Waals surface area contributed by atoms with Gasteiger partial charge in [-0.2, -0.15) is 0 Å². The van der Waals surface area contributed by atoms with Crippen LogP contribution in [0.1, 0.15) is 26.3 Å². The number of hydrogen-bond acceptors (Lipinski definition) is 7. The predicted octanol–water partition coefficient (Wildman–Crippen LogP) is 3.89. The normalized spacial score (nSPS) is 10.6. The number of nitro groups is 1. The van der Waals surface area contributed by atoms with Gasteiger partial charge in [0.25, 0.3) is 11.6 Å². The van der Waals surface area contributed by atoms with Gasteiger partial charge in [0.1, 0.15) is 22.5 Å². The van der Waals surface area contributed by atoms with Gasteiger partial charge in [-0.1, -0.05) is 42.5 Å². The van der Waals surface area contributed by atoms with Gasteiger partial charge in [-0.25, -0.2) is 9.59 Å². The zero-order valence-electron chi connectivity index (χ0n) is 17.7. The summed E-state index contributed by atoms with van der Waals surface area (Å²) >= 11 is 0. The molecule has 34 heavy (non-hydrogen) atoms. The molecule has 9 nitrogen and oxygen atoms in total. The molecule has 9 heteroatoms. The second-order valence-corrected chi connectivity index (χ2v) is 7.30. The van der Waals surface area contributed by atoms with E-state index in [1.54, 1.807) is 0 Å². The lowest BCUT2D eigenvalue weighted by Gasteiger charge is -2.07. The van der Waals surface area contributed by atoms with Gasteiger partial charge in [-0.3, -0.25) is 14.9 Å². The summed E-state index contributed by atoms with van der Waals surface area (Å²) in [5.41, 5.74) is -0.439. The van der Waals surface area contributed by atoms with Crippen molar-refractivity contribution in [2.75, 3.05) is 6.54 Å². The Balaban J connectivity index is 1.49. The van der Waals surface area contributed by atoms with E-state index >= 15 is 0 Å². The first kappa shape index (κ1) is 22.4. The molecule has 0 aliphatic heterocycles. The smallest absolute Gasteiger partial charge is 0.350 e. The van der Waals surface area contributed by atoms with Gasteiger partial charge in [0.05, 0.1) is 4.92 Å². The summed E-state index contributed by atoms with van der Waals surface area (Å²) in [4.78, 5) is 47.7. The molecule has 1 amide bonds. The Hall–Kier alpha value is -4.79. The molecule has 0 bridgehead atoms. The number of rotatable bonds is 7. The Morgan fingerprint density at radius 1 is 0.941 bits per heavy atom. The monoisotopic (exact) mass is 458 g/mol. The average Bonchev–Trinajstić information content (AvgIpc) is 2.84. The van der Waals surface area contributed by atoms with E-state index in [0.29, 0.717) is 18.4 Å². The van der Waals surface area contributed by atoms with Gasteiger partial charge < -0.3 is 14.5 Å². The molecule has 170 valence electrons. The summed E-state index contributed by atoms with van der Waals surface area (Å²) in [6.07, 6.45) is 0.611. The van der Waals surface area contributed by atoms with Gasteiger partial charge in [0, 0.05) is 24.1 Å². The van der Waals surface area contributed by atoms with Crippen LogP contribution in [0.5, 0.6) is 5.75 Å². The SMILES string of the molecule is O=C(Oc1ccc2cc(C(=O)NCCc3ccccc3)c(=O)oc2c1)c1ccccc1[N+](=O)[O-]. The zero-order valence-corrected chi connectivity index (χ0v) is 17.7. The topological polar surface area (TPSA) is 129 Å². The van der Waals surface area contributed by atoms with Gasteiger partial charge >= 0.3 is 11.6 Å². The number of hydrogen-bond donors (Lipinski definition) is 1. The van der Waals surface area contributed by atoms with Crippen molar-refractivity contribution in [3.63, 3.8) is 0 Å². The maximum Gasteiger partial charge on any atom is 0.350 e. The Labute approximate surface area is 192 Å². The highest BCUT2D eigenvalue weighted by Crippen LogP contribution is 2.24. The molecule has 4 rings (SSSR count). The Kier molecular flexibility index (Phi) is 6.45. The first-order chi connectivity index (χ1) is 16.4. The fraction of sp³-hybridized carbons (Fsp3) is 0.0800. The van der Waals surface area contributed by atoms with Crippen LogP contribution in [0.3, 0.4) is 0 Å². The number of nitro benzene ring substituents is 1. The molecule has 0 radical (unpaired) electrons. The van der Waals surface area contributed by atoms with E-state index in [0.717, 1.165) is 5.56 Å². The van der Waals surface area contributed by atoms with Crippen LogP contribution in [0.2, 0.25) is 0 Å². The molecule has 0 saturated carbocycles. The number of esters is 1. The number of amides is 1. The maximum absolute atomic E-state index is 12.5. The van der Waals surface area contributed by atoms with E-state index in [2.05, 4.69) is 5.32 Å². The van der Waals surface area contributed by atoms with Crippen molar-refractivity contribution in [2.45, 2.75) is 6.42 Å². The fourth-order valence-corrected chi connectivity index (χ4v) is 3.34. The molecule has 1 aromatic heterocycles. The van der Waals surface area contributed by atoms with Crippen LogP contribution < -0.4 is 15.7 Å². The summed E-state index contributed by atoms with van der Waals surface area (Å²) < 4.78 is 10.5. The van der Waals surface area contributed by atoms with Gasteiger partial charge in [0.15, 0.2) is 0 Å². The van der Waals surface area contributed by atoms with Gasteiger partial charge in [0.2, 0.25) is 0 Å². The summed E-state index contributed by atoms with van der Waals surface area (Å²) in [5, 5.41) is 14.3. The number of fused-ring (bicyclic) bond motifs is 1. The van der Waals surface area contributed by atoms with Crippen LogP contribution in [-0.2, 0) is 6.42 Å². The second-order valence-electron chi connectivity index (χ2n) is 7.30. The average molecular weight is 458 g/mol. The van der Waals surface area contributed by atoms with Crippen LogP contribution in [0.25, 0.3) is 11.0 Å². The van der Waals surface area contributed by atoms with Crippen LogP contribution in [0.15, 0.2) is 88.1 Å². The lowest BCUT2D eigenvalue weighted by atomic mass is 10.1. The molecule has 0 aliphatic carbocycles. The molecular weight excluding hydrogens is 440 g/mol. The van der Waals surface area contributed by atoms with Crippen molar-refractivity contribution in [3.8, 4) is 5.75 Å². The molecule has 1 heterocycles. The summed E-state index contributed by atoms with van der Waals surface area (Å²) in [6, 6.07) is 20.6. The van der Waals surface area contributed by atoms with E-state index in [9.17, 15) is 24.5 Å². The van der Waals surface area contributed by atoms with Crippen molar-refractivity contribution in [2.24, 2.45) is 0 Å². The minimum atomic E-state index is -0.927. The number of carbonyl (C=O) groups is 2. The predicted molar refractivity (Wildman–Crippen MR) is 123 cm³/mol. The van der Waals surface area contributed by atoms with Crippen LogP contribution in [0, 0.1) is 10.1 Å². The molecule has 0 spiro atoms. The number of nitrogens with one attached hydrogen (secondary N) is 1. The quantitative estimate of drug-likeness (QED) is 0.146. The molecular formula is C25H18N2O7. The number of ether oxygens (including phenoxy) is 1. The summed E-state index contributed by atoms with van der Waals surface area (Å²) in [5.74, 6) is -1.46. The van der Waals surface area contributed by atoms with Crippen molar-refractivity contribution in [3.05, 3.63) is 116 Å². The standard InChI is InChI=1S/C25H18N2O7/c28-23(26-13-12-16-6-2-1-3-7-16)20-14-17-10-11-18(15-22(17)34-25(20)30)33-24(29)19-8-4-5-9-21(19)27(31)32/h1-11,14-15H,12-13H2,(H,26,28). The van der Waals surface area contributed by atoms with Crippen LogP contribution in [0.4, 0.5) is 5.69 Å². The van der Waals surface area contributed by atoms with Crippen LogP contribution >= 0.6 is 0 Å². The highest BCUT2D eigenvalue weighted by molar-refractivity contribution is 5.97. The Morgan fingerprint density at radius 2 is 1.68 bits per heavy atom. The maximum atomic E-state index is 12.5. The zero-order chi connectivity index (χ0) is 24.1. The number of para-hydroxylation sites is 1. The molecule has 0 saturated heterocycles. The van der Waals surface area contributed by atoms with Gasteiger partial charge in [-0.15, -0.1) is 0 Å². The molecule has 0 aliphatic rings. The number of carbonyl (C=O) groups excluding carboxylic acids is 2. The highest BCUT2D eigenvalue weighted by atomic mass is 16.6. The third-order valence-corrected chi connectivity index (χ3v) is 5.03. The summed E-state index contributed by atoms with van der Waals surface area (Å²) in [7, 11) is 0. The van der Waals surface area contributed by atoms with E-state index in [-0.39, 0.29) is 28.1 Å². The third kappa shape index (κ3) is 4.99. The van der Waals surface area contributed by atoms with Crippen LogP contribution in [-0.4, -0.2) is 23.3 Å². The first-order valence-corrected chi connectivity index (χ1v) is 10.3. The lowest BCUT2D eigenvalue weighted by molar-refractivity contribution is -0.385. The molecule has 0 atom stereocenters. The van der Waals surface area contributed by atoms with E-state index in [1.165, 1.54) is 48.5 Å². The van der Waals surface area contributed by atoms with Crippen molar-refractivity contribution < 1.29 is 23.7 Å². The Bertz CT molecular complexity index is 1440. The first-order valence-electron chi connectivity index (χ1n) is 10.3. The minimum Gasteiger partial charge on any atom is -0.423 e.